The minimum Gasteiger partial charge on any atom is -0.395 e. The molecule has 1 aromatic carbocycles. The second kappa shape index (κ2) is 8.30. The van der Waals surface area contributed by atoms with E-state index in [1.54, 1.807) is 6.92 Å². The van der Waals surface area contributed by atoms with Crippen LogP contribution < -0.4 is 5.32 Å². The summed E-state index contributed by atoms with van der Waals surface area (Å²) in [7, 11) is 1.50. The van der Waals surface area contributed by atoms with Gasteiger partial charge in [0, 0.05) is 25.6 Å². The fourth-order valence-corrected chi connectivity index (χ4v) is 1.37. The molecule has 0 aliphatic heterocycles. The monoisotopic (exact) mass is 261 g/mol. The van der Waals surface area contributed by atoms with E-state index in [0.717, 1.165) is 11.1 Å². The fraction of sp³-hybridized carbons (Fsp3) is 0.400. The molecule has 1 aromatic rings. The second-order valence-electron chi connectivity index (χ2n) is 4.07. The molecule has 4 heteroatoms. The Bertz CT molecular complexity index is 457. The van der Waals surface area contributed by atoms with Crippen LogP contribution in [0.2, 0.25) is 0 Å². The molecule has 0 aliphatic carbocycles. The van der Waals surface area contributed by atoms with Gasteiger partial charge in [0.1, 0.15) is 6.10 Å². The number of methoxy groups -OCH3 is 1. The number of benzene rings is 1. The summed E-state index contributed by atoms with van der Waals surface area (Å²) in [5.74, 6) is 5.67. The third-order valence-electron chi connectivity index (χ3n) is 2.61. The van der Waals surface area contributed by atoms with Gasteiger partial charge in [0.05, 0.1) is 6.61 Å². The first-order valence-electron chi connectivity index (χ1n) is 6.16. The summed E-state index contributed by atoms with van der Waals surface area (Å²) in [6.45, 7) is 2.25. The average Bonchev–Trinajstić information content (AvgIpc) is 2.45. The number of amides is 1. The molecule has 1 rings (SSSR count). The van der Waals surface area contributed by atoms with Gasteiger partial charge in [0.2, 0.25) is 5.91 Å². The van der Waals surface area contributed by atoms with E-state index in [1.807, 2.05) is 24.3 Å². The number of carbonyl (C=O) groups is 1. The number of aliphatic hydroxyl groups is 1. The normalized spacial score (nSPS) is 11.3. The van der Waals surface area contributed by atoms with Crippen molar-refractivity contribution in [2.75, 3.05) is 13.7 Å². The summed E-state index contributed by atoms with van der Waals surface area (Å²) in [5, 5.41) is 11.4. The second-order valence-corrected chi connectivity index (χ2v) is 4.07. The maximum Gasteiger partial charge on any atom is 0.249 e. The Balaban J connectivity index is 2.49. The van der Waals surface area contributed by atoms with Crippen LogP contribution >= 0.6 is 0 Å². The van der Waals surface area contributed by atoms with E-state index in [2.05, 4.69) is 17.2 Å². The molecule has 0 saturated heterocycles. The van der Waals surface area contributed by atoms with Crippen LogP contribution in [0.4, 0.5) is 0 Å². The van der Waals surface area contributed by atoms with Gasteiger partial charge in [0.15, 0.2) is 0 Å². The lowest BCUT2D eigenvalue weighted by Crippen LogP contribution is -2.33. The quantitative estimate of drug-likeness (QED) is 0.780. The molecule has 0 bridgehead atoms. The van der Waals surface area contributed by atoms with E-state index in [4.69, 9.17) is 9.84 Å². The number of hydrogen-bond donors (Lipinski definition) is 2. The summed E-state index contributed by atoms with van der Waals surface area (Å²) >= 11 is 0. The summed E-state index contributed by atoms with van der Waals surface area (Å²) in [4.78, 5) is 11.5. The standard InChI is InChI=1S/C15H19NO3/c1-12(19-2)15(18)16-11-14-8-6-13(7-9-14)5-3-4-10-17/h6-9,12,17H,4,10-11H2,1-2H3,(H,16,18). The van der Waals surface area contributed by atoms with Crippen LogP contribution in [0.15, 0.2) is 24.3 Å². The van der Waals surface area contributed by atoms with Crippen molar-refractivity contribution >= 4 is 5.91 Å². The first-order valence-corrected chi connectivity index (χ1v) is 6.16. The van der Waals surface area contributed by atoms with Gasteiger partial charge in [-0.15, -0.1) is 0 Å². The third kappa shape index (κ3) is 5.56. The van der Waals surface area contributed by atoms with Crippen LogP contribution in [0.25, 0.3) is 0 Å². The van der Waals surface area contributed by atoms with Crippen molar-refractivity contribution in [3.05, 3.63) is 35.4 Å². The van der Waals surface area contributed by atoms with E-state index < -0.39 is 6.10 Å². The third-order valence-corrected chi connectivity index (χ3v) is 2.61. The SMILES string of the molecule is COC(C)C(=O)NCc1ccc(C#CCCO)cc1. The molecule has 0 saturated carbocycles. The molecule has 102 valence electrons. The minimum atomic E-state index is -0.441. The number of carbonyl (C=O) groups excluding carboxylic acids is 1. The number of ether oxygens (including phenoxy) is 1. The van der Waals surface area contributed by atoms with Crippen LogP contribution in [-0.2, 0) is 16.1 Å². The molecule has 0 spiro atoms. The summed E-state index contributed by atoms with van der Waals surface area (Å²) in [6, 6.07) is 7.62. The summed E-state index contributed by atoms with van der Waals surface area (Å²) in [6.07, 6.45) is 0.0378. The summed E-state index contributed by atoms with van der Waals surface area (Å²) < 4.78 is 4.92. The van der Waals surface area contributed by atoms with Crippen molar-refractivity contribution in [2.24, 2.45) is 0 Å². The number of nitrogens with one attached hydrogen (secondary N) is 1. The minimum absolute atomic E-state index is 0.0782. The molecule has 19 heavy (non-hydrogen) atoms. The van der Waals surface area contributed by atoms with Crippen molar-refractivity contribution < 1.29 is 14.6 Å². The number of rotatable bonds is 5. The molecule has 0 fully saturated rings. The van der Waals surface area contributed by atoms with Crippen molar-refractivity contribution in [1.82, 2.24) is 5.32 Å². The molecule has 0 heterocycles. The number of aliphatic hydroxyl groups excluding tert-OH is 1. The van der Waals surface area contributed by atoms with Gasteiger partial charge in [-0.1, -0.05) is 24.0 Å². The van der Waals surface area contributed by atoms with Gasteiger partial charge in [-0.3, -0.25) is 4.79 Å². The Labute approximate surface area is 113 Å². The van der Waals surface area contributed by atoms with Gasteiger partial charge < -0.3 is 15.2 Å². The van der Waals surface area contributed by atoms with Crippen molar-refractivity contribution in [3.8, 4) is 11.8 Å². The average molecular weight is 261 g/mol. The van der Waals surface area contributed by atoms with E-state index >= 15 is 0 Å². The number of hydrogen-bond acceptors (Lipinski definition) is 3. The Hall–Kier alpha value is -1.83. The van der Waals surface area contributed by atoms with E-state index in [1.165, 1.54) is 7.11 Å². The largest absolute Gasteiger partial charge is 0.395 e. The molecule has 0 radical (unpaired) electrons. The van der Waals surface area contributed by atoms with Crippen LogP contribution in [0.1, 0.15) is 24.5 Å². The summed E-state index contributed by atoms with van der Waals surface area (Å²) in [5.41, 5.74) is 1.90. The van der Waals surface area contributed by atoms with Gasteiger partial charge >= 0.3 is 0 Å². The lowest BCUT2D eigenvalue weighted by Gasteiger charge is -2.10. The predicted molar refractivity (Wildman–Crippen MR) is 73.3 cm³/mol. The Morgan fingerprint density at radius 3 is 2.68 bits per heavy atom. The first kappa shape index (κ1) is 15.2. The van der Waals surface area contributed by atoms with Gasteiger partial charge in [-0.25, -0.2) is 0 Å². The molecule has 4 nitrogen and oxygen atoms in total. The van der Waals surface area contributed by atoms with Crippen LogP contribution in [0.3, 0.4) is 0 Å². The maximum atomic E-state index is 11.5. The highest BCUT2D eigenvalue weighted by molar-refractivity contribution is 5.80. The van der Waals surface area contributed by atoms with Gasteiger partial charge in [0.25, 0.3) is 0 Å². The van der Waals surface area contributed by atoms with Gasteiger partial charge in [-0.05, 0) is 24.6 Å². The molecular weight excluding hydrogens is 242 g/mol. The first-order chi connectivity index (χ1) is 9.17. The van der Waals surface area contributed by atoms with Crippen molar-refractivity contribution in [1.29, 1.82) is 0 Å². The Morgan fingerprint density at radius 2 is 2.11 bits per heavy atom. The van der Waals surface area contributed by atoms with Crippen LogP contribution in [0.5, 0.6) is 0 Å². The van der Waals surface area contributed by atoms with Crippen LogP contribution in [0, 0.1) is 11.8 Å². The zero-order valence-corrected chi connectivity index (χ0v) is 11.3. The molecule has 1 unspecified atom stereocenters. The van der Waals surface area contributed by atoms with E-state index in [0.29, 0.717) is 13.0 Å². The van der Waals surface area contributed by atoms with Crippen LogP contribution in [-0.4, -0.2) is 30.8 Å². The van der Waals surface area contributed by atoms with Crippen molar-refractivity contribution in [2.45, 2.75) is 26.0 Å². The highest BCUT2D eigenvalue weighted by Gasteiger charge is 2.10. The zero-order chi connectivity index (χ0) is 14.1. The molecule has 0 aliphatic rings. The highest BCUT2D eigenvalue weighted by Crippen LogP contribution is 2.03. The molecule has 2 N–H and O–H groups in total. The lowest BCUT2D eigenvalue weighted by molar-refractivity contribution is -0.130. The Morgan fingerprint density at radius 1 is 1.42 bits per heavy atom. The smallest absolute Gasteiger partial charge is 0.249 e. The molecule has 1 amide bonds. The van der Waals surface area contributed by atoms with E-state index in [9.17, 15) is 4.79 Å². The molecule has 0 aromatic heterocycles. The lowest BCUT2D eigenvalue weighted by atomic mass is 10.1. The van der Waals surface area contributed by atoms with Crippen molar-refractivity contribution in [3.63, 3.8) is 0 Å². The Kier molecular flexibility index (Phi) is 6.65. The predicted octanol–water partition coefficient (Wildman–Crippen LogP) is 1.07. The maximum absolute atomic E-state index is 11.5. The fourth-order valence-electron chi connectivity index (χ4n) is 1.37. The van der Waals surface area contributed by atoms with E-state index in [-0.39, 0.29) is 12.5 Å². The zero-order valence-electron chi connectivity index (χ0n) is 11.3. The topological polar surface area (TPSA) is 58.6 Å². The van der Waals surface area contributed by atoms with Gasteiger partial charge in [-0.2, -0.15) is 0 Å². The molecule has 1 atom stereocenters. The molecular formula is C15H19NO3. The highest BCUT2D eigenvalue weighted by atomic mass is 16.5.